The summed E-state index contributed by atoms with van der Waals surface area (Å²) in [7, 11) is 0. The predicted molar refractivity (Wildman–Crippen MR) is 124 cm³/mol. The van der Waals surface area contributed by atoms with E-state index >= 15 is 0 Å². The zero-order chi connectivity index (χ0) is 21.8. The van der Waals surface area contributed by atoms with Crippen molar-refractivity contribution in [3.05, 3.63) is 60.2 Å². The number of nitrogens with zero attached hydrogens (tertiary/aromatic N) is 4. The molecule has 0 N–H and O–H groups in total. The van der Waals surface area contributed by atoms with Gasteiger partial charge in [-0.05, 0) is 35.2 Å². The van der Waals surface area contributed by atoms with Gasteiger partial charge in [0.25, 0.3) is 5.22 Å². The summed E-state index contributed by atoms with van der Waals surface area (Å²) >= 11 is 1.30. The number of hydrogen-bond acceptors (Lipinski definition) is 6. The number of anilines is 1. The molecular formula is C24H28N4O2S. The monoisotopic (exact) mass is 436 g/mol. The number of carbonyl (C=O) groups excluding carboxylic acids is 1. The van der Waals surface area contributed by atoms with E-state index in [4.69, 9.17) is 4.42 Å². The van der Waals surface area contributed by atoms with E-state index < -0.39 is 0 Å². The third-order valence-electron chi connectivity index (χ3n) is 5.48. The standard InChI is InChI=1S/C24H28N4O2S/c1-24(2,3)19-11-9-18(10-12-19)22-25-26-23(30-22)31-17-21(29)28-15-13-27(14-16-28)20-7-5-4-6-8-20/h4-12H,13-17H2,1-3H3. The molecule has 1 aliphatic heterocycles. The van der Waals surface area contributed by atoms with Crippen LogP contribution in [-0.4, -0.2) is 52.9 Å². The van der Waals surface area contributed by atoms with Gasteiger partial charge in [-0.25, -0.2) is 0 Å². The maximum atomic E-state index is 12.6. The van der Waals surface area contributed by atoms with Crippen LogP contribution in [0.1, 0.15) is 26.3 Å². The molecule has 0 atom stereocenters. The van der Waals surface area contributed by atoms with Crippen molar-refractivity contribution in [2.24, 2.45) is 0 Å². The van der Waals surface area contributed by atoms with Crippen LogP contribution >= 0.6 is 11.8 Å². The minimum Gasteiger partial charge on any atom is -0.411 e. The highest BCUT2D eigenvalue weighted by Crippen LogP contribution is 2.27. The zero-order valence-corrected chi connectivity index (χ0v) is 19.1. The number of rotatable bonds is 5. The highest BCUT2D eigenvalue weighted by atomic mass is 32.2. The number of hydrogen-bond donors (Lipinski definition) is 0. The lowest BCUT2D eigenvalue weighted by molar-refractivity contribution is -0.128. The van der Waals surface area contributed by atoms with Crippen molar-refractivity contribution in [1.82, 2.24) is 15.1 Å². The molecule has 162 valence electrons. The van der Waals surface area contributed by atoms with Gasteiger partial charge in [-0.15, -0.1) is 10.2 Å². The zero-order valence-electron chi connectivity index (χ0n) is 18.2. The first-order valence-electron chi connectivity index (χ1n) is 10.6. The van der Waals surface area contributed by atoms with Gasteiger partial charge in [-0.2, -0.15) is 0 Å². The first-order chi connectivity index (χ1) is 14.9. The van der Waals surface area contributed by atoms with E-state index in [-0.39, 0.29) is 11.3 Å². The Morgan fingerprint density at radius 1 is 0.968 bits per heavy atom. The van der Waals surface area contributed by atoms with Crippen molar-refractivity contribution >= 4 is 23.4 Å². The van der Waals surface area contributed by atoms with E-state index in [1.54, 1.807) is 0 Å². The molecule has 0 saturated carbocycles. The Morgan fingerprint density at radius 2 is 1.65 bits per heavy atom. The average molecular weight is 437 g/mol. The van der Waals surface area contributed by atoms with Crippen LogP contribution in [0.5, 0.6) is 0 Å². The Kier molecular flexibility index (Phi) is 6.32. The molecule has 0 spiro atoms. The summed E-state index contributed by atoms with van der Waals surface area (Å²) in [5, 5.41) is 8.67. The van der Waals surface area contributed by atoms with Gasteiger partial charge in [-0.1, -0.05) is 62.9 Å². The van der Waals surface area contributed by atoms with E-state index in [0.29, 0.717) is 16.9 Å². The first kappa shape index (κ1) is 21.4. The molecule has 4 rings (SSSR count). The first-order valence-corrected chi connectivity index (χ1v) is 11.5. The fraction of sp³-hybridized carbons (Fsp3) is 0.375. The molecule has 0 radical (unpaired) electrons. The van der Waals surface area contributed by atoms with E-state index in [1.807, 2.05) is 35.2 Å². The van der Waals surface area contributed by atoms with Gasteiger partial charge in [-0.3, -0.25) is 4.79 Å². The maximum Gasteiger partial charge on any atom is 0.277 e. The Balaban J connectivity index is 1.28. The molecular weight excluding hydrogens is 408 g/mol. The van der Waals surface area contributed by atoms with Crippen molar-refractivity contribution in [3.63, 3.8) is 0 Å². The Hall–Kier alpha value is -2.80. The van der Waals surface area contributed by atoms with Crippen LogP contribution in [-0.2, 0) is 10.2 Å². The van der Waals surface area contributed by atoms with E-state index in [1.165, 1.54) is 23.0 Å². The van der Waals surface area contributed by atoms with Crippen molar-refractivity contribution in [2.45, 2.75) is 31.4 Å². The fourth-order valence-corrected chi connectivity index (χ4v) is 4.23. The highest BCUT2D eigenvalue weighted by molar-refractivity contribution is 7.99. The third kappa shape index (κ3) is 5.28. The van der Waals surface area contributed by atoms with Gasteiger partial charge in [0, 0.05) is 37.4 Å². The topological polar surface area (TPSA) is 62.5 Å². The van der Waals surface area contributed by atoms with Crippen LogP contribution in [0.3, 0.4) is 0 Å². The summed E-state index contributed by atoms with van der Waals surface area (Å²) in [5.74, 6) is 0.884. The number of piperazine rings is 1. The van der Waals surface area contributed by atoms with Gasteiger partial charge >= 0.3 is 0 Å². The normalized spacial score (nSPS) is 14.7. The highest BCUT2D eigenvalue weighted by Gasteiger charge is 2.22. The molecule has 7 heteroatoms. The van der Waals surface area contributed by atoms with Crippen LogP contribution < -0.4 is 4.90 Å². The SMILES string of the molecule is CC(C)(C)c1ccc(-c2nnc(SCC(=O)N3CCN(c4ccccc4)CC3)o2)cc1. The van der Waals surface area contributed by atoms with Gasteiger partial charge < -0.3 is 14.2 Å². The molecule has 0 bridgehead atoms. The fourth-order valence-electron chi connectivity index (χ4n) is 3.57. The van der Waals surface area contributed by atoms with Crippen LogP contribution in [0.25, 0.3) is 11.5 Å². The molecule has 1 saturated heterocycles. The number of para-hydroxylation sites is 1. The molecule has 3 aromatic rings. The average Bonchev–Trinajstić information content (AvgIpc) is 3.27. The molecule has 1 aliphatic rings. The lowest BCUT2D eigenvalue weighted by Gasteiger charge is -2.36. The van der Waals surface area contributed by atoms with Crippen LogP contribution in [0.2, 0.25) is 0 Å². The van der Waals surface area contributed by atoms with Crippen LogP contribution in [0.4, 0.5) is 5.69 Å². The molecule has 6 nitrogen and oxygen atoms in total. The minimum atomic E-state index is 0.0985. The smallest absolute Gasteiger partial charge is 0.277 e. The van der Waals surface area contributed by atoms with Crippen molar-refractivity contribution in [2.75, 3.05) is 36.8 Å². The number of benzene rings is 2. The molecule has 2 aromatic carbocycles. The number of thioether (sulfide) groups is 1. The molecule has 1 fully saturated rings. The van der Waals surface area contributed by atoms with Crippen molar-refractivity contribution in [3.8, 4) is 11.5 Å². The molecule has 1 amide bonds. The summed E-state index contributed by atoms with van der Waals surface area (Å²) in [6.45, 7) is 9.68. The second-order valence-electron chi connectivity index (χ2n) is 8.69. The Labute approximate surface area is 187 Å². The second-order valence-corrected chi connectivity index (χ2v) is 9.62. The van der Waals surface area contributed by atoms with Gasteiger partial charge in [0.15, 0.2) is 0 Å². The molecule has 0 aliphatic carbocycles. The molecule has 31 heavy (non-hydrogen) atoms. The Morgan fingerprint density at radius 3 is 2.29 bits per heavy atom. The minimum absolute atomic E-state index is 0.0985. The Bertz CT molecular complexity index is 1000. The molecule has 0 unspecified atom stereocenters. The predicted octanol–water partition coefficient (Wildman–Crippen LogP) is 4.48. The van der Waals surface area contributed by atoms with Crippen LogP contribution in [0, 0.1) is 0 Å². The molecule has 1 aromatic heterocycles. The molecule has 2 heterocycles. The number of carbonyl (C=O) groups is 1. The lowest BCUT2D eigenvalue weighted by atomic mass is 9.87. The number of aromatic nitrogens is 2. The summed E-state index contributed by atoms with van der Waals surface area (Å²) < 4.78 is 5.77. The summed E-state index contributed by atoms with van der Waals surface area (Å²) in [4.78, 5) is 16.8. The maximum absolute atomic E-state index is 12.6. The van der Waals surface area contributed by atoms with Gasteiger partial charge in [0.2, 0.25) is 11.8 Å². The summed E-state index contributed by atoms with van der Waals surface area (Å²) in [5.41, 5.74) is 3.44. The van der Waals surface area contributed by atoms with E-state index in [2.05, 4.69) is 60.1 Å². The third-order valence-corrected chi connectivity index (χ3v) is 6.28. The van der Waals surface area contributed by atoms with Gasteiger partial charge in [0.1, 0.15) is 0 Å². The van der Waals surface area contributed by atoms with Crippen molar-refractivity contribution in [1.29, 1.82) is 0 Å². The number of amides is 1. The van der Waals surface area contributed by atoms with E-state index in [0.717, 1.165) is 31.7 Å². The quantitative estimate of drug-likeness (QED) is 0.550. The van der Waals surface area contributed by atoms with Gasteiger partial charge in [0.05, 0.1) is 5.75 Å². The second kappa shape index (κ2) is 9.14. The van der Waals surface area contributed by atoms with E-state index in [9.17, 15) is 4.79 Å². The largest absolute Gasteiger partial charge is 0.411 e. The summed E-state index contributed by atoms with van der Waals surface area (Å²) in [6, 6.07) is 18.5. The lowest BCUT2D eigenvalue weighted by Crippen LogP contribution is -2.49. The van der Waals surface area contributed by atoms with Crippen LogP contribution in [0.15, 0.2) is 64.2 Å². The summed E-state index contributed by atoms with van der Waals surface area (Å²) in [6.07, 6.45) is 0. The van der Waals surface area contributed by atoms with Crippen molar-refractivity contribution < 1.29 is 9.21 Å².